The lowest BCUT2D eigenvalue weighted by Crippen LogP contribution is -2.29. The largest absolute Gasteiger partial charge is 0.497 e. The predicted molar refractivity (Wildman–Crippen MR) is 121 cm³/mol. The first-order valence-corrected chi connectivity index (χ1v) is 10.7. The minimum absolute atomic E-state index is 0.0519. The molecule has 0 spiro atoms. The number of amides is 1. The number of aromatic nitrogens is 1. The maximum absolute atomic E-state index is 12.9. The van der Waals surface area contributed by atoms with Crippen molar-refractivity contribution in [1.82, 2.24) is 4.98 Å². The Bertz CT molecular complexity index is 1300. The fourth-order valence-electron chi connectivity index (χ4n) is 4.23. The normalized spacial score (nSPS) is 16.6. The van der Waals surface area contributed by atoms with E-state index in [1.807, 2.05) is 24.3 Å². The molecule has 2 N–H and O–H groups in total. The molecule has 0 fully saturated rings. The van der Waals surface area contributed by atoms with Crippen molar-refractivity contribution in [2.45, 2.75) is 18.8 Å². The second-order valence-electron chi connectivity index (χ2n) is 8.02. The molecular formula is C25H22N2O6. The second kappa shape index (κ2) is 8.46. The van der Waals surface area contributed by atoms with Crippen molar-refractivity contribution in [3.63, 3.8) is 0 Å². The van der Waals surface area contributed by atoms with E-state index in [1.165, 1.54) is 6.07 Å². The van der Waals surface area contributed by atoms with Crippen LogP contribution in [0.2, 0.25) is 0 Å². The van der Waals surface area contributed by atoms with Crippen molar-refractivity contribution in [2.24, 2.45) is 0 Å². The quantitative estimate of drug-likeness (QED) is 0.637. The number of benzene rings is 2. The van der Waals surface area contributed by atoms with E-state index >= 15 is 0 Å². The van der Waals surface area contributed by atoms with Gasteiger partial charge in [-0.15, -0.1) is 0 Å². The van der Waals surface area contributed by atoms with Crippen LogP contribution in [0.1, 0.15) is 44.3 Å². The molecule has 8 nitrogen and oxygen atoms in total. The second-order valence-corrected chi connectivity index (χ2v) is 8.02. The number of nitrogens with one attached hydrogen (secondary N) is 2. The zero-order valence-corrected chi connectivity index (χ0v) is 18.0. The van der Waals surface area contributed by atoms with Gasteiger partial charge in [-0.1, -0.05) is 12.1 Å². The number of fused-ring (bicyclic) bond motifs is 2. The molecule has 8 heteroatoms. The molecule has 0 bridgehead atoms. The molecule has 1 aliphatic heterocycles. The molecule has 0 radical (unpaired) electrons. The minimum Gasteiger partial charge on any atom is -0.497 e. The van der Waals surface area contributed by atoms with E-state index in [1.54, 1.807) is 25.3 Å². The third kappa shape index (κ3) is 4.07. The number of Topliss-reactive ketones (excluding diaryl/α,β-unsaturated/α-hetero) is 1. The van der Waals surface area contributed by atoms with Crippen molar-refractivity contribution < 1.29 is 23.8 Å². The number of methoxy groups -OCH3 is 1. The van der Waals surface area contributed by atoms with E-state index in [-0.39, 0.29) is 17.3 Å². The predicted octanol–water partition coefficient (Wildman–Crippen LogP) is 3.32. The first kappa shape index (κ1) is 20.8. The van der Waals surface area contributed by atoms with Crippen LogP contribution in [0.25, 0.3) is 0 Å². The zero-order valence-electron chi connectivity index (χ0n) is 18.0. The topological polar surface area (TPSA) is 107 Å². The van der Waals surface area contributed by atoms with Crippen LogP contribution in [-0.2, 0) is 6.42 Å². The van der Waals surface area contributed by atoms with E-state index in [9.17, 15) is 14.4 Å². The van der Waals surface area contributed by atoms with Crippen molar-refractivity contribution in [2.75, 3.05) is 25.6 Å². The number of rotatable bonds is 4. The number of carbonyl (C=O) groups is 2. The lowest BCUT2D eigenvalue weighted by Gasteiger charge is -2.24. The molecular weight excluding hydrogens is 424 g/mol. The summed E-state index contributed by atoms with van der Waals surface area (Å²) in [6, 6.07) is 14.0. The lowest BCUT2D eigenvalue weighted by molar-refractivity contribution is 0.0963. The standard InChI is InChI=1S/C25H22N2O6/c1-31-17-5-2-14(3-6-17)15-10-20-18(21(28)11-15)13-19(25(30)27-20)24(29)26-16-4-7-22-23(12-16)33-9-8-32-22/h2-7,12-13,15H,8-11H2,1H3,(H,26,29)(H,27,30)/t15-/m0/s1. The highest BCUT2D eigenvalue weighted by molar-refractivity contribution is 6.07. The average molecular weight is 446 g/mol. The number of hydrogen-bond acceptors (Lipinski definition) is 6. The molecule has 2 aliphatic rings. The highest BCUT2D eigenvalue weighted by Crippen LogP contribution is 2.34. The van der Waals surface area contributed by atoms with Gasteiger partial charge in [0.1, 0.15) is 24.5 Å². The van der Waals surface area contributed by atoms with Gasteiger partial charge >= 0.3 is 0 Å². The first-order chi connectivity index (χ1) is 16.0. The fourth-order valence-corrected chi connectivity index (χ4v) is 4.23. The van der Waals surface area contributed by atoms with Gasteiger partial charge in [0.15, 0.2) is 17.3 Å². The Hall–Kier alpha value is -4.07. The summed E-state index contributed by atoms with van der Waals surface area (Å²) in [7, 11) is 1.60. The fraction of sp³-hybridized carbons (Fsp3) is 0.240. The highest BCUT2D eigenvalue weighted by atomic mass is 16.6. The summed E-state index contributed by atoms with van der Waals surface area (Å²) in [6.07, 6.45) is 0.807. The Balaban J connectivity index is 1.38. The molecule has 5 rings (SSSR count). The summed E-state index contributed by atoms with van der Waals surface area (Å²) in [6.45, 7) is 0.894. The van der Waals surface area contributed by atoms with Crippen LogP contribution in [0.5, 0.6) is 17.2 Å². The van der Waals surface area contributed by atoms with Crippen molar-refractivity contribution in [1.29, 1.82) is 0 Å². The zero-order chi connectivity index (χ0) is 22.9. The van der Waals surface area contributed by atoms with Crippen LogP contribution in [0.3, 0.4) is 0 Å². The number of ketones is 1. The molecule has 33 heavy (non-hydrogen) atoms. The number of hydrogen-bond donors (Lipinski definition) is 2. The van der Waals surface area contributed by atoms with E-state index in [4.69, 9.17) is 14.2 Å². The van der Waals surface area contributed by atoms with Gasteiger partial charge in [0, 0.05) is 29.4 Å². The van der Waals surface area contributed by atoms with E-state index in [2.05, 4.69) is 10.3 Å². The molecule has 1 atom stereocenters. The maximum Gasteiger partial charge on any atom is 0.261 e. The van der Waals surface area contributed by atoms with E-state index < -0.39 is 11.5 Å². The molecule has 0 unspecified atom stereocenters. The molecule has 2 heterocycles. The molecule has 1 amide bonds. The van der Waals surface area contributed by atoms with Gasteiger partial charge in [0.05, 0.1) is 7.11 Å². The monoisotopic (exact) mass is 446 g/mol. The highest BCUT2D eigenvalue weighted by Gasteiger charge is 2.29. The van der Waals surface area contributed by atoms with Gasteiger partial charge in [-0.2, -0.15) is 0 Å². The Morgan fingerprint density at radius 3 is 2.52 bits per heavy atom. The van der Waals surface area contributed by atoms with E-state index in [0.29, 0.717) is 54.5 Å². The summed E-state index contributed by atoms with van der Waals surface area (Å²) >= 11 is 0. The van der Waals surface area contributed by atoms with Crippen molar-refractivity contribution in [3.8, 4) is 17.2 Å². The third-order valence-electron chi connectivity index (χ3n) is 5.94. The van der Waals surface area contributed by atoms with Gasteiger partial charge < -0.3 is 24.5 Å². The minimum atomic E-state index is -0.596. The van der Waals surface area contributed by atoms with E-state index in [0.717, 1.165) is 11.3 Å². The molecule has 1 aromatic heterocycles. The van der Waals surface area contributed by atoms with Gasteiger partial charge in [0.25, 0.3) is 11.5 Å². The number of aromatic amines is 1. The van der Waals surface area contributed by atoms with Gasteiger partial charge in [-0.3, -0.25) is 14.4 Å². The third-order valence-corrected chi connectivity index (χ3v) is 5.94. The SMILES string of the molecule is COc1ccc([C@@H]2CC(=O)c3cc(C(=O)Nc4ccc5c(c4)OCCO5)c(=O)[nH]c3C2)cc1. The number of H-pyrrole nitrogens is 1. The van der Waals surface area contributed by atoms with Gasteiger partial charge in [-0.05, 0) is 48.2 Å². The summed E-state index contributed by atoms with van der Waals surface area (Å²) in [5, 5.41) is 2.70. The Morgan fingerprint density at radius 1 is 1.00 bits per heavy atom. The molecule has 0 saturated heterocycles. The first-order valence-electron chi connectivity index (χ1n) is 10.7. The molecule has 2 aromatic carbocycles. The van der Waals surface area contributed by atoms with Gasteiger partial charge in [-0.25, -0.2) is 0 Å². The van der Waals surface area contributed by atoms with Gasteiger partial charge in [0.2, 0.25) is 0 Å². The Kier molecular flexibility index (Phi) is 5.34. The Morgan fingerprint density at radius 2 is 1.76 bits per heavy atom. The van der Waals surface area contributed by atoms with Crippen LogP contribution in [0.15, 0.2) is 53.3 Å². The molecule has 168 valence electrons. The summed E-state index contributed by atoms with van der Waals surface area (Å²) in [5.74, 6) is 1.11. The summed E-state index contributed by atoms with van der Waals surface area (Å²) in [5.41, 5.74) is 1.75. The summed E-state index contributed by atoms with van der Waals surface area (Å²) in [4.78, 5) is 41.2. The summed E-state index contributed by atoms with van der Waals surface area (Å²) < 4.78 is 16.2. The molecule has 3 aromatic rings. The number of pyridine rings is 1. The van der Waals surface area contributed by atoms with Crippen molar-refractivity contribution in [3.05, 3.63) is 81.3 Å². The number of ether oxygens (including phenoxy) is 3. The molecule has 1 aliphatic carbocycles. The lowest BCUT2D eigenvalue weighted by atomic mass is 9.81. The maximum atomic E-state index is 12.9. The smallest absolute Gasteiger partial charge is 0.261 e. The van der Waals surface area contributed by atoms with Crippen LogP contribution in [0, 0.1) is 0 Å². The van der Waals surface area contributed by atoms with Crippen molar-refractivity contribution >= 4 is 17.4 Å². The number of anilines is 1. The molecule has 0 saturated carbocycles. The van der Waals surface area contributed by atoms with Crippen LogP contribution in [0.4, 0.5) is 5.69 Å². The Labute approximate surface area is 189 Å². The van der Waals surface area contributed by atoms with Crippen LogP contribution in [-0.4, -0.2) is 37.0 Å². The van der Waals surface area contributed by atoms with Crippen LogP contribution >= 0.6 is 0 Å². The average Bonchev–Trinajstić information content (AvgIpc) is 2.83. The van der Waals surface area contributed by atoms with Crippen LogP contribution < -0.4 is 25.1 Å². The number of carbonyl (C=O) groups excluding carboxylic acids is 2.